The molecule has 0 saturated carbocycles. The van der Waals surface area contributed by atoms with Crippen LogP contribution >= 0.6 is 0 Å². The largest absolute Gasteiger partial charge is 0.508 e. The maximum absolute atomic E-state index is 9.21. The van der Waals surface area contributed by atoms with Crippen LogP contribution in [0.3, 0.4) is 0 Å². The van der Waals surface area contributed by atoms with Crippen molar-refractivity contribution in [2.45, 2.75) is 32.9 Å². The van der Waals surface area contributed by atoms with Crippen LogP contribution < -0.4 is 5.32 Å². The molecule has 2 heteroatoms. The van der Waals surface area contributed by atoms with Gasteiger partial charge >= 0.3 is 0 Å². The molecule has 0 aliphatic rings. The first kappa shape index (κ1) is 13.6. The van der Waals surface area contributed by atoms with Gasteiger partial charge in [0.05, 0.1) is 0 Å². The lowest BCUT2D eigenvalue weighted by atomic mass is 10.0. The summed E-state index contributed by atoms with van der Waals surface area (Å²) >= 11 is 0. The van der Waals surface area contributed by atoms with Gasteiger partial charge in [-0.05, 0) is 34.7 Å². The number of benzene rings is 2. The molecule has 100 valence electrons. The Balaban J connectivity index is 1.83. The molecule has 0 amide bonds. The number of phenolic OH excluding ortho intramolecular Hbond substituents is 1. The summed E-state index contributed by atoms with van der Waals surface area (Å²) in [4.78, 5) is 0. The Bertz CT molecular complexity index is 500. The molecule has 0 atom stereocenters. The van der Waals surface area contributed by atoms with Crippen molar-refractivity contribution in [2.24, 2.45) is 0 Å². The van der Waals surface area contributed by atoms with Gasteiger partial charge in [0.1, 0.15) is 5.75 Å². The Hall–Kier alpha value is -1.80. The highest BCUT2D eigenvalue weighted by Crippen LogP contribution is 2.14. The number of rotatable bonds is 5. The quantitative estimate of drug-likeness (QED) is 0.851. The molecule has 2 aromatic rings. The van der Waals surface area contributed by atoms with Gasteiger partial charge in [0.15, 0.2) is 0 Å². The first-order chi connectivity index (χ1) is 9.15. The molecule has 2 rings (SSSR count). The summed E-state index contributed by atoms with van der Waals surface area (Å²) in [5.74, 6) is 0.895. The second-order valence-electron chi connectivity index (χ2n) is 5.17. The lowest BCUT2D eigenvalue weighted by molar-refractivity contribution is 0.475. The predicted molar refractivity (Wildman–Crippen MR) is 79.2 cm³/mol. The summed E-state index contributed by atoms with van der Waals surface area (Å²) in [5.41, 5.74) is 3.85. The molecule has 0 heterocycles. The van der Waals surface area contributed by atoms with E-state index in [1.807, 2.05) is 12.1 Å². The fraction of sp³-hybridized carbons (Fsp3) is 0.294. The minimum Gasteiger partial charge on any atom is -0.508 e. The van der Waals surface area contributed by atoms with E-state index in [2.05, 4.69) is 43.4 Å². The molecule has 0 bridgehead atoms. The van der Waals surface area contributed by atoms with Gasteiger partial charge in [-0.3, -0.25) is 0 Å². The minimum absolute atomic E-state index is 0.313. The fourth-order valence-corrected chi connectivity index (χ4v) is 1.99. The van der Waals surface area contributed by atoms with Gasteiger partial charge in [-0.1, -0.05) is 50.2 Å². The third-order valence-corrected chi connectivity index (χ3v) is 3.24. The average Bonchev–Trinajstić information content (AvgIpc) is 2.41. The fourth-order valence-electron chi connectivity index (χ4n) is 1.99. The van der Waals surface area contributed by atoms with E-state index in [-0.39, 0.29) is 0 Å². The number of hydrogen-bond acceptors (Lipinski definition) is 2. The summed E-state index contributed by atoms with van der Waals surface area (Å²) in [5, 5.41) is 12.6. The zero-order valence-corrected chi connectivity index (χ0v) is 11.6. The average molecular weight is 255 g/mol. The maximum atomic E-state index is 9.21. The smallest absolute Gasteiger partial charge is 0.115 e. The van der Waals surface area contributed by atoms with E-state index >= 15 is 0 Å². The van der Waals surface area contributed by atoms with Crippen LogP contribution in [0, 0.1) is 0 Å². The minimum atomic E-state index is 0.313. The number of phenols is 1. The van der Waals surface area contributed by atoms with Crippen LogP contribution in [0.15, 0.2) is 48.5 Å². The van der Waals surface area contributed by atoms with E-state index in [0.717, 1.165) is 13.1 Å². The van der Waals surface area contributed by atoms with E-state index in [1.165, 1.54) is 16.7 Å². The van der Waals surface area contributed by atoms with Gasteiger partial charge in [-0.2, -0.15) is 0 Å². The van der Waals surface area contributed by atoms with Crippen molar-refractivity contribution >= 4 is 0 Å². The van der Waals surface area contributed by atoms with Crippen LogP contribution in [0.5, 0.6) is 5.75 Å². The summed E-state index contributed by atoms with van der Waals surface area (Å²) < 4.78 is 0. The Morgan fingerprint density at radius 2 is 1.32 bits per heavy atom. The first-order valence-corrected chi connectivity index (χ1v) is 6.72. The molecule has 0 spiro atoms. The third kappa shape index (κ3) is 4.11. The van der Waals surface area contributed by atoms with E-state index in [1.54, 1.807) is 12.1 Å². The molecule has 0 radical (unpaired) electrons. The maximum Gasteiger partial charge on any atom is 0.115 e. The Labute approximate surface area is 115 Å². The van der Waals surface area contributed by atoms with Gasteiger partial charge in [0.2, 0.25) is 0 Å². The molecule has 0 saturated heterocycles. The number of nitrogens with one attached hydrogen (secondary N) is 1. The Morgan fingerprint density at radius 3 is 1.79 bits per heavy atom. The van der Waals surface area contributed by atoms with Crippen LogP contribution in [-0.2, 0) is 13.1 Å². The third-order valence-electron chi connectivity index (χ3n) is 3.24. The molecule has 2 N–H and O–H groups in total. The zero-order valence-electron chi connectivity index (χ0n) is 11.6. The Kier molecular flexibility index (Phi) is 4.58. The van der Waals surface area contributed by atoms with Crippen molar-refractivity contribution in [2.75, 3.05) is 0 Å². The first-order valence-electron chi connectivity index (χ1n) is 6.72. The van der Waals surface area contributed by atoms with E-state index in [0.29, 0.717) is 11.7 Å². The van der Waals surface area contributed by atoms with Crippen molar-refractivity contribution in [3.8, 4) is 5.75 Å². The molecule has 0 unspecified atom stereocenters. The highest BCUT2D eigenvalue weighted by molar-refractivity contribution is 5.26. The van der Waals surface area contributed by atoms with Gasteiger partial charge in [-0.25, -0.2) is 0 Å². The lowest BCUT2D eigenvalue weighted by Gasteiger charge is -2.08. The summed E-state index contributed by atoms with van der Waals surface area (Å²) in [6.45, 7) is 6.08. The van der Waals surface area contributed by atoms with Crippen molar-refractivity contribution in [3.63, 3.8) is 0 Å². The molecule has 19 heavy (non-hydrogen) atoms. The van der Waals surface area contributed by atoms with Crippen LogP contribution in [0.2, 0.25) is 0 Å². The van der Waals surface area contributed by atoms with Gasteiger partial charge in [0, 0.05) is 13.1 Å². The Morgan fingerprint density at radius 1 is 0.842 bits per heavy atom. The zero-order chi connectivity index (χ0) is 13.7. The molecule has 2 aromatic carbocycles. The van der Waals surface area contributed by atoms with Crippen LogP contribution in [-0.4, -0.2) is 5.11 Å². The molecule has 0 aliphatic heterocycles. The number of hydrogen-bond donors (Lipinski definition) is 2. The van der Waals surface area contributed by atoms with Crippen molar-refractivity contribution in [1.29, 1.82) is 0 Å². The molecule has 0 aromatic heterocycles. The highest BCUT2D eigenvalue weighted by atomic mass is 16.3. The topological polar surface area (TPSA) is 32.3 Å². The normalized spacial score (nSPS) is 10.9. The summed E-state index contributed by atoms with van der Waals surface area (Å²) in [6, 6.07) is 16.1. The van der Waals surface area contributed by atoms with Gasteiger partial charge < -0.3 is 10.4 Å². The van der Waals surface area contributed by atoms with Crippen LogP contribution in [0.1, 0.15) is 36.5 Å². The second-order valence-corrected chi connectivity index (χ2v) is 5.17. The molecule has 0 aliphatic carbocycles. The molecular formula is C17H21NO. The van der Waals surface area contributed by atoms with Gasteiger partial charge in [-0.15, -0.1) is 0 Å². The SMILES string of the molecule is CC(C)c1ccc(CNCc2ccc(O)cc2)cc1. The number of aromatic hydroxyl groups is 1. The van der Waals surface area contributed by atoms with E-state index in [9.17, 15) is 5.11 Å². The van der Waals surface area contributed by atoms with E-state index in [4.69, 9.17) is 0 Å². The molecular weight excluding hydrogens is 234 g/mol. The molecule has 2 nitrogen and oxygen atoms in total. The highest BCUT2D eigenvalue weighted by Gasteiger charge is 1.99. The van der Waals surface area contributed by atoms with Crippen LogP contribution in [0.25, 0.3) is 0 Å². The molecule has 0 fully saturated rings. The lowest BCUT2D eigenvalue weighted by Crippen LogP contribution is -2.12. The van der Waals surface area contributed by atoms with Crippen LogP contribution in [0.4, 0.5) is 0 Å². The van der Waals surface area contributed by atoms with Crippen molar-refractivity contribution in [3.05, 3.63) is 65.2 Å². The van der Waals surface area contributed by atoms with Crippen molar-refractivity contribution in [1.82, 2.24) is 5.32 Å². The standard InChI is InChI=1S/C17H21NO/c1-13(2)16-7-3-14(4-8-16)11-18-12-15-5-9-17(19)10-6-15/h3-10,13,18-19H,11-12H2,1-2H3. The van der Waals surface area contributed by atoms with E-state index < -0.39 is 0 Å². The van der Waals surface area contributed by atoms with Gasteiger partial charge in [0.25, 0.3) is 0 Å². The van der Waals surface area contributed by atoms with Crippen molar-refractivity contribution < 1.29 is 5.11 Å². The monoisotopic (exact) mass is 255 g/mol. The second kappa shape index (κ2) is 6.39. The summed E-state index contributed by atoms with van der Waals surface area (Å²) in [6.07, 6.45) is 0. The predicted octanol–water partition coefficient (Wildman–Crippen LogP) is 3.81. The summed E-state index contributed by atoms with van der Waals surface area (Å²) in [7, 11) is 0.